The van der Waals surface area contributed by atoms with Gasteiger partial charge in [-0.3, -0.25) is 0 Å². The molecule has 0 aliphatic carbocycles. The molecule has 2 aromatic heterocycles. The highest BCUT2D eigenvalue weighted by molar-refractivity contribution is 5.80. The van der Waals surface area contributed by atoms with E-state index in [1.165, 1.54) is 4.57 Å². The van der Waals surface area contributed by atoms with Crippen molar-refractivity contribution in [3.8, 4) is 5.95 Å². The summed E-state index contributed by atoms with van der Waals surface area (Å²) in [5.74, 6) is -0.0954. The highest BCUT2D eigenvalue weighted by atomic mass is 16.4. The first kappa shape index (κ1) is 10.7. The largest absolute Gasteiger partial charge is 0.465 e. The summed E-state index contributed by atoms with van der Waals surface area (Å²) in [7, 11) is 0. The Morgan fingerprint density at radius 1 is 1.29 bits per heavy atom. The van der Waals surface area contributed by atoms with Gasteiger partial charge in [0.2, 0.25) is 0 Å². The third-order valence-electron chi connectivity index (χ3n) is 1.81. The standard InChI is InChI=1S/C9H7N5O3/c15-8-11-6(12-9(16)17)10-7(13-8)14-4-2-1-3-5-14/h1-5H,(H2-,10,11,12,13,15,16,17)/p+1. The van der Waals surface area contributed by atoms with Crippen LogP contribution < -0.4 is 15.6 Å². The molecule has 17 heavy (non-hydrogen) atoms. The molecule has 0 aromatic carbocycles. The molecular weight excluding hydrogens is 226 g/mol. The van der Waals surface area contributed by atoms with Gasteiger partial charge < -0.3 is 5.11 Å². The maximum Gasteiger partial charge on any atom is 0.445 e. The predicted octanol–water partition coefficient (Wildman–Crippen LogP) is -0.469. The van der Waals surface area contributed by atoms with Crippen molar-refractivity contribution in [1.29, 1.82) is 0 Å². The first-order valence-electron chi connectivity index (χ1n) is 4.60. The first-order valence-corrected chi connectivity index (χ1v) is 4.60. The summed E-state index contributed by atoms with van der Waals surface area (Å²) in [5, 5.41) is 10.5. The molecule has 0 spiro atoms. The van der Waals surface area contributed by atoms with E-state index in [1.54, 1.807) is 30.6 Å². The van der Waals surface area contributed by atoms with Crippen molar-refractivity contribution in [2.24, 2.45) is 0 Å². The van der Waals surface area contributed by atoms with E-state index in [0.717, 1.165) is 0 Å². The van der Waals surface area contributed by atoms with Gasteiger partial charge in [0.15, 0.2) is 0 Å². The Labute approximate surface area is 94.6 Å². The Kier molecular flexibility index (Phi) is 2.77. The monoisotopic (exact) mass is 234 g/mol. The van der Waals surface area contributed by atoms with Gasteiger partial charge >= 0.3 is 17.7 Å². The quantitative estimate of drug-likeness (QED) is 0.608. The van der Waals surface area contributed by atoms with Crippen LogP contribution in [0, 0.1) is 0 Å². The van der Waals surface area contributed by atoms with Crippen LogP contribution in [0.5, 0.6) is 0 Å². The molecule has 2 rings (SSSR count). The highest BCUT2D eigenvalue weighted by Gasteiger charge is 2.15. The van der Waals surface area contributed by atoms with Crippen LogP contribution >= 0.6 is 0 Å². The maximum absolute atomic E-state index is 11.2. The van der Waals surface area contributed by atoms with Crippen LogP contribution in [0.1, 0.15) is 0 Å². The van der Waals surface area contributed by atoms with Crippen LogP contribution in [0.15, 0.2) is 35.4 Å². The smallest absolute Gasteiger partial charge is 0.445 e. The number of nitrogens with one attached hydrogen (secondary N) is 2. The number of carboxylic acid groups (broad SMARTS) is 1. The summed E-state index contributed by atoms with van der Waals surface area (Å²) in [6.45, 7) is 0. The number of rotatable bonds is 2. The Morgan fingerprint density at radius 3 is 2.65 bits per heavy atom. The molecule has 0 saturated heterocycles. The van der Waals surface area contributed by atoms with Crippen molar-refractivity contribution in [1.82, 2.24) is 15.0 Å². The Bertz CT molecular complexity index is 595. The molecule has 0 fully saturated rings. The number of amides is 1. The lowest BCUT2D eigenvalue weighted by molar-refractivity contribution is -0.603. The molecule has 0 atom stereocenters. The number of hydrogen-bond donors (Lipinski definition) is 3. The van der Waals surface area contributed by atoms with Gasteiger partial charge in [-0.1, -0.05) is 6.07 Å². The summed E-state index contributed by atoms with van der Waals surface area (Å²) in [4.78, 5) is 31.3. The number of aromatic nitrogens is 4. The van der Waals surface area contributed by atoms with Crippen molar-refractivity contribution in [3.63, 3.8) is 0 Å². The van der Waals surface area contributed by atoms with Crippen LogP contribution in [-0.2, 0) is 0 Å². The summed E-state index contributed by atoms with van der Waals surface area (Å²) in [6, 6.07) is 5.25. The summed E-state index contributed by atoms with van der Waals surface area (Å²) >= 11 is 0. The van der Waals surface area contributed by atoms with E-state index in [1.807, 2.05) is 5.32 Å². The van der Waals surface area contributed by atoms with Crippen molar-refractivity contribution in [3.05, 3.63) is 41.1 Å². The minimum absolute atomic E-state index is 0.0816. The molecular formula is C9H8N5O3+. The summed E-state index contributed by atoms with van der Waals surface area (Å²) < 4.78 is 1.49. The Hall–Kier alpha value is -2.77. The number of H-pyrrole nitrogens is 1. The second kappa shape index (κ2) is 4.39. The fourth-order valence-electron chi connectivity index (χ4n) is 1.18. The fraction of sp³-hybridized carbons (Fsp3) is 0. The Balaban J connectivity index is 2.45. The molecule has 1 amide bonds. The van der Waals surface area contributed by atoms with Crippen molar-refractivity contribution >= 4 is 12.0 Å². The SMILES string of the molecule is O=C(O)Nc1nc(-[n+]2ccccc2)nc(=O)[nH]1. The zero-order valence-corrected chi connectivity index (χ0v) is 8.49. The van der Waals surface area contributed by atoms with E-state index < -0.39 is 11.8 Å². The number of carbonyl (C=O) groups is 1. The molecule has 0 unspecified atom stereocenters. The minimum atomic E-state index is -1.32. The van der Waals surface area contributed by atoms with E-state index in [-0.39, 0.29) is 11.9 Å². The molecule has 0 aliphatic heterocycles. The molecule has 86 valence electrons. The Morgan fingerprint density at radius 2 is 2.00 bits per heavy atom. The number of pyridine rings is 1. The fourth-order valence-corrected chi connectivity index (χ4v) is 1.18. The number of hydrogen-bond acceptors (Lipinski definition) is 4. The first-order chi connectivity index (χ1) is 8.15. The molecule has 8 nitrogen and oxygen atoms in total. The van der Waals surface area contributed by atoms with Crippen LogP contribution in [-0.4, -0.2) is 26.2 Å². The zero-order valence-electron chi connectivity index (χ0n) is 8.49. The lowest BCUT2D eigenvalue weighted by Gasteiger charge is -1.96. The topological polar surface area (TPSA) is 112 Å². The van der Waals surface area contributed by atoms with Crippen LogP contribution in [0.4, 0.5) is 10.7 Å². The molecule has 2 aromatic rings. The van der Waals surface area contributed by atoms with Gasteiger partial charge in [-0.05, 0) is 22.1 Å². The normalized spacial score (nSPS) is 9.88. The summed E-state index contributed by atoms with van der Waals surface area (Å²) in [6.07, 6.45) is 1.96. The van der Waals surface area contributed by atoms with Crippen LogP contribution in [0.25, 0.3) is 5.95 Å². The van der Waals surface area contributed by atoms with Gasteiger partial charge in [-0.15, -0.1) is 0 Å². The van der Waals surface area contributed by atoms with E-state index in [0.29, 0.717) is 0 Å². The second-order valence-electron chi connectivity index (χ2n) is 3.02. The maximum atomic E-state index is 11.2. The van der Waals surface area contributed by atoms with Gasteiger partial charge in [-0.25, -0.2) is 24.5 Å². The van der Waals surface area contributed by atoms with E-state index in [9.17, 15) is 9.59 Å². The predicted molar refractivity (Wildman–Crippen MR) is 55.8 cm³/mol. The molecule has 0 bridgehead atoms. The summed E-state index contributed by atoms with van der Waals surface area (Å²) in [5.41, 5.74) is -0.685. The van der Waals surface area contributed by atoms with Gasteiger partial charge in [0, 0.05) is 0 Å². The number of nitrogens with zero attached hydrogens (tertiary/aromatic N) is 3. The lowest BCUT2D eigenvalue weighted by atomic mass is 10.5. The molecule has 8 heteroatoms. The highest BCUT2D eigenvalue weighted by Crippen LogP contribution is 1.94. The lowest BCUT2D eigenvalue weighted by Crippen LogP contribution is -2.35. The average Bonchev–Trinajstić information content (AvgIpc) is 2.28. The van der Waals surface area contributed by atoms with Gasteiger partial charge in [-0.2, -0.15) is 0 Å². The third kappa shape index (κ3) is 2.62. The molecule has 3 N–H and O–H groups in total. The second-order valence-corrected chi connectivity index (χ2v) is 3.02. The number of anilines is 1. The van der Waals surface area contributed by atoms with Gasteiger partial charge in [0.1, 0.15) is 0 Å². The molecule has 0 aliphatic rings. The minimum Gasteiger partial charge on any atom is -0.465 e. The van der Waals surface area contributed by atoms with Gasteiger partial charge in [0.25, 0.3) is 5.95 Å². The van der Waals surface area contributed by atoms with Crippen LogP contribution in [0.3, 0.4) is 0 Å². The van der Waals surface area contributed by atoms with Gasteiger partial charge in [0.05, 0.1) is 12.4 Å². The van der Waals surface area contributed by atoms with Crippen molar-refractivity contribution < 1.29 is 14.5 Å². The third-order valence-corrected chi connectivity index (χ3v) is 1.81. The molecule has 0 radical (unpaired) electrons. The van der Waals surface area contributed by atoms with E-state index >= 15 is 0 Å². The molecule has 2 heterocycles. The number of aromatic amines is 1. The van der Waals surface area contributed by atoms with E-state index in [4.69, 9.17) is 5.11 Å². The molecule has 0 saturated carbocycles. The zero-order chi connectivity index (χ0) is 12.3. The van der Waals surface area contributed by atoms with Crippen LogP contribution in [0.2, 0.25) is 0 Å². The van der Waals surface area contributed by atoms with E-state index in [2.05, 4.69) is 15.0 Å². The average molecular weight is 234 g/mol. The van der Waals surface area contributed by atoms with Crippen molar-refractivity contribution in [2.75, 3.05) is 5.32 Å². The van der Waals surface area contributed by atoms with Crippen molar-refractivity contribution in [2.45, 2.75) is 0 Å².